The van der Waals surface area contributed by atoms with E-state index in [0.717, 1.165) is 0 Å². The summed E-state index contributed by atoms with van der Waals surface area (Å²) in [5.74, 6) is -0.581. The van der Waals surface area contributed by atoms with Gasteiger partial charge >= 0.3 is 6.09 Å². The number of amides is 1. The number of halogens is 2. The number of hydrogen-bond acceptors (Lipinski definition) is 4. The maximum absolute atomic E-state index is 14.5. The predicted octanol–water partition coefficient (Wildman–Crippen LogP) is 5.60. The third-order valence-corrected chi connectivity index (χ3v) is 5.05. The van der Waals surface area contributed by atoms with Crippen LogP contribution in [0.1, 0.15) is 39.7 Å². The van der Waals surface area contributed by atoms with Crippen molar-refractivity contribution in [3.8, 4) is 0 Å². The van der Waals surface area contributed by atoms with Gasteiger partial charge in [-0.25, -0.2) is 9.18 Å². The molecule has 1 aromatic heterocycles. The Kier molecular flexibility index (Phi) is 5.85. The summed E-state index contributed by atoms with van der Waals surface area (Å²) >= 11 is 6.02. The van der Waals surface area contributed by atoms with E-state index in [1.165, 1.54) is 23.2 Å². The highest BCUT2D eigenvalue weighted by Crippen LogP contribution is 2.40. The monoisotopic (exact) mass is 431 g/mol. The Bertz CT molecular complexity index is 1080. The van der Waals surface area contributed by atoms with Crippen molar-refractivity contribution in [2.45, 2.75) is 45.3 Å². The third kappa shape index (κ3) is 4.03. The Hall–Kier alpha value is -2.93. The fourth-order valence-corrected chi connectivity index (χ4v) is 3.53. The molecule has 0 aliphatic rings. The summed E-state index contributed by atoms with van der Waals surface area (Å²) in [6.45, 7) is 6.93. The van der Waals surface area contributed by atoms with Crippen LogP contribution in [-0.2, 0) is 15.1 Å². The van der Waals surface area contributed by atoms with Crippen LogP contribution in [0.4, 0.5) is 14.9 Å². The lowest BCUT2D eigenvalue weighted by Gasteiger charge is -2.40. The Morgan fingerprint density at radius 2 is 1.93 bits per heavy atom. The molecular formula is C22H23ClFN3O3. The molecule has 0 saturated heterocycles. The van der Waals surface area contributed by atoms with Crippen LogP contribution in [-0.4, -0.2) is 28.2 Å². The molecule has 2 aromatic carbocycles. The number of rotatable bonds is 5. The van der Waals surface area contributed by atoms with Crippen molar-refractivity contribution in [3.05, 3.63) is 59.0 Å². The zero-order valence-electron chi connectivity index (χ0n) is 17.2. The fraction of sp³-hybridized carbons (Fsp3) is 0.318. The van der Waals surface area contributed by atoms with Crippen molar-refractivity contribution in [1.29, 1.82) is 0 Å². The zero-order chi connectivity index (χ0) is 22.1. The van der Waals surface area contributed by atoms with Crippen LogP contribution in [0.2, 0.25) is 5.02 Å². The van der Waals surface area contributed by atoms with Gasteiger partial charge in [0.15, 0.2) is 6.29 Å². The first-order valence-corrected chi connectivity index (χ1v) is 9.87. The summed E-state index contributed by atoms with van der Waals surface area (Å²) in [6, 6.07) is 9.09. The summed E-state index contributed by atoms with van der Waals surface area (Å²) in [5, 5.41) is 7.63. The standard InChI is InChI=1S/C22H23ClFN3O3/c1-5-22(13-28,14-6-8-15(23)9-7-14)27(20(29)30-21(2,3)4)19-11-16(24)10-18-17(19)12-25-26-18/h6-13H,5H2,1-4H3,(H,25,26). The maximum atomic E-state index is 14.5. The normalized spacial score (nSPS) is 13.7. The van der Waals surface area contributed by atoms with E-state index in [9.17, 15) is 14.0 Å². The van der Waals surface area contributed by atoms with Crippen molar-refractivity contribution in [2.75, 3.05) is 4.90 Å². The van der Waals surface area contributed by atoms with Crippen molar-refractivity contribution >= 4 is 40.6 Å². The van der Waals surface area contributed by atoms with Gasteiger partial charge in [0.05, 0.1) is 17.4 Å². The van der Waals surface area contributed by atoms with Crippen LogP contribution in [0.5, 0.6) is 0 Å². The average molecular weight is 432 g/mol. The molecular weight excluding hydrogens is 409 g/mol. The predicted molar refractivity (Wildman–Crippen MR) is 114 cm³/mol. The van der Waals surface area contributed by atoms with E-state index in [4.69, 9.17) is 16.3 Å². The van der Waals surface area contributed by atoms with Gasteiger partial charge in [-0.3, -0.25) is 10.00 Å². The SMILES string of the molecule is CCC(C=O)(c1ccc(Cl)cc1)N(C(=O)OC(C)(C)C)c1cc(F)cc2[nH]ncc12. The highest BCUT2D eigenvalue weighted by molar-refractivity contribution is 6.30. The summed E-state index contributed by atoms with van der Waals surface area (Å²) < 4.78 is 20.1. The number of ether oxygens (including phenoxy) is 1. The van der Waals surface area contributed by atoms with Crippen LogP contribution in [0.25, 0.3) is 10.9 Å². The number of nitrogens with one attached hydrogen (secondary N) is 1. The Labute approximate surface area is 179 Å². The second kappa shape index (κ2) is 8.07. The van der Waals surface area contributed by atoms with Crippen molar-refractivity contribution in [1.82, 2.24) is 10.2 Å². The Balaban J connectivity index is 2.31. The minimum absolute atomic E-state index is 0.178. The van der Waals surface area contributed by atoms with Crippen molar-refractivity contribution in [3.63, 3.8) is 0 Å². The highest BCUT2D eigenvalue weighted by atomic mass is 35.5. The van der Waals surface area contributed by atoms with Gasteiger partial charge in [-0.15, -0.1) is 0 Å². The number of aldehydes is 1. The van der Waals surface area contributed by atoms with E-state index in [0.29, 0.717) is 27.8 Å². The minimum atomic E-state index is -1.45. The molecule has 0 radical (unpaired) electrons. The van der Waals surface area contributed by atoms with Gasteiger partial charge in [0.25, 0.3) is 0 Å². The number of carbonyl (C=O) groups is 2. The highest BCUT2D eigenvalue weighted by Gasteiger charge is 2.44. The van der Waals surface area contributed by atoms with Gasteiger partial charge < -0.3 is 9.53 Å². The molecule has 0 aliphatic heterocycles. The second-order valence-corrected chi connectivity index (χ2v) is 8.41. The van der Waals surface area contributed by atoms with Crippen LogP contribution in [0.15, 0.2) is 42.6 Å². The molecule has 3 rings (SSSR count). The lowest BCUT2D eigenvalue weighted by molar-refractivity contribution is -0.112. The molecule has 6 nitrogen and oxygen atoms in total. The number of anilines is 1. The number of carbonyl (C=O) groups excluding carboxylic acids is 2. The van der Waals surface area contributed by atoms with E-state index >= 15 is 0 Å². The smallest absolute Gasteiger partial charge is 0.415 e. The zero-order valence-corrected chi connectivity index (χ0v) is 18.0. The number of aromatic nitrogens is 2. The van der Waals surface area contributed by atoms with E-state index in [1.807, 2.05) is 0 Å². The number of fused-ring (bicyclic) bond motifs is 1. The van der Waals surface area contributed by atoms with E-state index in [1.54, 1.807) is 52.0 Å². The second-order valence-electron chi connectivity index (χ2n) is 7.97. The summed E-state index contributed by atoms with van der Waals surface area (Å²) in [6.07, 6.45) is 1.60. The molecule has 30 heavy (non-hydrogen) atoms. The first kappa shape index (κ1) is 21.8. The van der Waals surface area contributed by atoms with Crippen molar-refractivity contribution < 1.29 is 18.7 Å². The number of H-pyrrole nitrogens is 1. The van der Waals surface area contributed by atoms with Crippen LogP contribution in [0, 0.1) is 5.82 Å². The fourth-order valence-electron chi connectivity index (χ4n) is 3.40. The first-order chi connectivity index (χ1) is 14.1. The van der Waals surface area contributed by atoms with E-state index in [-0.39, 0.29) is 12.1 Å². The van der Waals surface area contributed by atoms with E-state index in [2.05, 4.69) is 10.2 Å². The van der Waals surface area contributed by atoms with Gasteiger partial charge in [0.1, 0.15) is 17.0 Å². The molecule has 1 atom stereocenters. The van der Waals surface area contributed by atoms with Crippen LogP contribution in [0.3, 0.4) is 0 Å². The first-order valence-electron chi connectivity index (χ1n) is 9.49. The van der Waals surface area contributed by atoms with Crippen LogP contribution < -0.4 is 4.90 Å². The van der Waals surface area contributed by atoms with Crippen molar-refractivity contribution in [2.24, 2.45) is 0 Å². The lowest BCUT2D eigenvalue weighted by Crippen LogP contribution is -2.52. The van der Waals surface area contributed by atoms with Gasteiger partial charge in [-0.1, -0.05) is 30.7 Å². The number of nitrogens with zero attached hydrogens (tertiary/aromatic N) is 2. The molecule has 1 unspecified atom stereocenters. The molecule has 3 aromatic rings. The summed E-state index contributed by atoms with van der Waals surface area (Å²) in [4.78, 5) is 27.2. The number of aromatic amines is 1. The molecule has 0 fully saturated rings. The van der Waals surface area contributed by atoms with Gasteiger partial charge in [-0.05, 0) is 57.0 Å². The van der Waals surface area contributed by atoms with E-state index < -0.39 is 23.1 Å². The average Bonchev–Trinajstić information content (AvgIpc) is 3.13. The number of benzene rings is 2. The molecule has 1 amide bonds. The number of hydrogen-bond donors (Lipinski definition) is 1. The topological polar surface area (TPSA) is 75.3 Å². The molecule has 0 spiro atoms. The maximum Gasteiger partial charge on any atom is 0.415 e. The quantitative estimate of drug-likeness (QED) is 0.533. The molecule has 158 valence electrons. The molecule has 8 heteroatoms. The molecule has 1 N–H and O–H groups in total. The van der Waals surface area contributed by atoms with Gasteiger partial charge in [0, 0.05) is 10.4 Å². The Morgan fingerprint density at radius 1 is 1.27 bits per heavy atom. The summed E-state index contributed by atoms with van der Waals surface area (Å²) in [7, 11) is 0. The minimum Gasteiger partial charge on any atom is -0.443 e. The van der Waals surface area contributed by atoms with Gasteiger partial charge in [0.2, 0.25) is 0 Å². The molecule has 0 bridgehead atoms. The summed E-state index contributed by atoms with van der Waals surface area (Å²) in [5.41, 5.74) is -1.19. The van der Waals surface area contributed by atoms with Gasteiger partial charge in [-0.2, -0.15) is 5.10 Å². The molecule has 0 aliphatic carbocycles. The largest absolute Gasteiger partial charge is 0.443 e. The molecule has 0 saturated carbocycles. The Morgan fingerprint density at radius 3 is 2.50 bits per heavy atom. The van der Waals surface area contributed by atoms with Crippen LogP contribution >= 0.6 is 11.6 Å². The molecule has 1 heterocycles. The third-order valence-electron chi connectivity index (χ3n) is 4.80. The lowest BCUT2D eigenvalue weighted by atomic mass is 9.86.